The highest BCUT2D eigenvalue weighted by atomic mass is 19.1. The van der Waals surface area contributed by atoms with E-state index in [1.54, 1.807) is 31.3 Å². The number of hydrogen-bond donors (Lipinski definition) is 0. The molecule has 1 saturated heterocycles. The van der Waals surface area contributed by atoms with Crippen molar-refractivity contribution >= 4 is 5.91 Å². The number of methoxy groups -OCH3 is 2. The summed E-state index contributed by atoms with van der Waals surface area (Å²) in [5.41, 5.74) is 0.910. The lowest BCUT2D eigenvalue weighted by molar-refractivity contribution is -0.131. The fourth-order valence-electron chi connectivity index (χ4n) is 3.10. The Morgan fingerprint density at radius 1 is 1.23 bits per heavy atom. The van der Waals surface area contributed by atoms with Gasteiger partial charge in [0.25, 0.3) is 0 Å². The van der Waals surface area contributed by atoms with Crippen molar-refractivity contribution in [1.29, 1.82) is 0 Å². The predicted octanol–water partition coefficient (Wildman–Crippen LogP) is 2.47. The number of amides is 1. The molecule has 5 heteroatoms. The van der Waals surface area contributed by atoms with E-state index in [1.807, 2.05) is 12.2 Å². The molecule has 1 aromatic carbocycles. The van der Waals surface area contributed by atoms with Crippen molar-refractivity contribution in [3.63, 3.8) is 0 Å². The fourth-order valence-corrected chi connectivity index (χ4v) is 3.10. The average Bonchev–Trinajstić information content (AvgIpc) is 2.85. The molecule has 22 heavy (non-hydrogen) atoms. The molecule has 2 aliphatic rings. The van der Waals surface area contributed by atoms with Crippen LogP contribution in [0.5, 0.6) is 0 Å². The van der Waals surface area contributed by atoms with E-state index < -0.39 is 0 Å². The summed E-state index contributed by atoms with van der Waals surface area (Å²) in [6.45, 7) is 1.10. The third kappa shape index (κ3) is 2.47. The molecule has 0 N–H and O–H groups in total. The molecule has 2 unspecified atom stereocenters. The van der Waals surface area contributed by atoms with Gasteiger partial charge in [-0.25, -0.2) is 4.39 Å². The highest BCUT2D eigenvalue weighted by molar-refractivity contribution is 5.85. The summed E-state index contributed by atoms with van der Waals surface area (Å²) < 4.78 is 23.6. The predicted molar refractivity (Wildman–Crippen MR) is 79.0 cm³/mol. The molecule has 0 saturated carbocycles. The normalized spacial score (nSPS) is 23.8. The van der Waals surface area contributed by atoms with Crippen molar-refractivity contribution in [2.24, 2.45) is 11.8 Å². The lowest BCUT2D eigenvalue weighted by Gasteiger charge is -2.22. The van der Waals surface area contributed by atoms with Crippen LogP contribution in [0.2, 0.25) is 0 Å². The van der Waals surface area contributed by atoms with Crippen LogP contribution >= 0.6 is 0 Å². The fraction of sp³-hybridized carbons (Fsp3) is 0.353. The number of ether oxygens (including phenoxy) is 2. The Morgan fingerprint density at radius 3 is 2.59 bits per heavy atom. The Bertz CT molecular complexity index is 636. The van der Waals surface area contributed by atoms with Gasteiger partial charge in [0.15, 0.2) is 11.5 Å². The van der Waals surface area contributed by atoms with Crippen LogP contribution in [0.1, 0.15) is 5.56 Å². The van der Waals surface area contributed by atoms with E-state index >= 15 is 0 Å². The number of rotatable bonds is 4. The maximum absolute atomic E-state index is 13.0. The van der Waals surface area contributed by atoms with E-state index in [0.29, 0.717) is 24.6 Å². The minimum Gasteiger partial charge on any atom is -0.496 e. The quantitative estimate of drug-likeness (QED) is 0.858. The molecule has 1 aromatic rings. The van der Waals surface area contributed by atoms with Gasteiger partial charge in [0.2, 0.25) is 5.91 Å². The SMILES string of the molecule is COC1=C(OC)C2C(=O)N(Cc3ccc(F)cc3)CC2C=C1. The zero-order valence-electron chi connectivity index (χ0n) is 12.6. The number of fused-ring (bicyclic) bond motifs is 1. The Morgan fingerprint density at radius 2 is 1.95 bits per heavy atom. The van der Waals surface area contributed by atoms with Crippen molar-refractivity contribution in [3.8, 4) is 0 Å². The van der Waals surface area contributed by atoms with Gasteiger partial charge in [0, 0.05) is 19.0 Å². The number of benzene rings is 1. The number of carbonyl (C=O) groups excluding carboxylic acids is 1. The summed E-state index contributed by atoms with van der Waals surface area (Å²) in [6, 6.07) is 6.22. The summed E-state index contributed by atoms with van der Waals surface area (Å²) in [5.74, 6) is 0.682. The number of allylic oxidation sites excluding steroid dienone is 1. The first-order chi connectivity index (χ1) is 10.6. The van der Waals surface area contributed by atoms with Crippen molar-refractivity contribution in [1.82, 2.24) is 4.90 Å². The van der Waals surface area contributed by atoms with E-state index in [9.17, 15) is 9.18 Å². The van der Waals surface area contributed by atoms with Gasteiger partial charge in [0.05, 0.1) is 14.2 Å². The van der Waals surface area contributed by atoms with Gasteiger partial charge in [0.1, 0.15) is 11.7 Å². The molecular formula is C17H18FNO3. The van der Waals surface area contributed by atoms with E-state index in [-0.39, 0.29) is 23.6 Å². The molecule has 3 rings (SSSR count). The maximum Gasteiger partial charge on any atom is 0.234 e. The molecule has 1 amide bonds. The van der Waals surface area contributed by atoms with Crippen LogP contribution in [0.15, 0.2) is 47.9 Å². The zero-order valence-corrected chi connectivity index (χ0v) is 12.6. The Hall–Kier alpha value is -2.30. The Labute approximate surface area is 128 Å². The third-order valence-corrected chi connectivity index (χ3v) is 4.18. The number of likely N-dealkylation sites (tertiary alicyclic amines) is 1. The molecule has 0 bridgehead atoms. The summed E-state index contributed by atoms with van der Waals surface area (Å²) in [7, 11) is 3.12. The van der Waals surface area contributed by atoms with Crippen molar-refractivity contribution in [2.75, 3.05) is 20.8 Å². The van der Waals surface area contributed by atoms with Crippen LogP contribution in [0.4, 0.5) is 4.39 Å². The number of halogens is 1. The highest BCUT2D eigenvalue weighted by Crippen LogP contribution is 2.38. The van der Waals surface area contributed by atoms with Crippen LogP contribution in [-0.2, 0) is 20.8 Å². The lowest BCUT2D eigenvalue weighted by atomic mass is 9.89. The van der Waals surface area contributed by atoms with E-state index in [1.165, 1.54) is 12.1 Å². The number of nitrogens with zero attached hydrogens (tertiary/aromatic N) is 1. The monoisotopic (exact) mass is 303 g/mol. The molecule has 0 aromatic heterocycles. The van der Waals surface area contributed by atoms with E-state index in [2.05, 4.69) is 0 Å². The van der Waals surface area contributed by atoms with Gasteiger partial charge >= 0.3 is 0 Å². The third-order valence-electron chi connectivity index (χ3n) is 4.18. The van der Waals surface area contributed by atoms with Gasteiger partial charge < -0.3 is 14.4 Å². The molecule has 1 aliphatic carbocycles. The molecule has 1 fully saturated rings. The highest BCUT2D eigenvalue weighted by Gasteiger charge is 2.45. The molecule has 0 radical (unpaired) electrons. The first-order valence-electron chi connectivity index (χ1n) is 7.17. The van der Waals surface area contributed by atoms with Crippen molar-refractivity contribution in [2.45, 2.75) is 6.54 Å². The number of carbonyl (C=O) groups is 1. The van der Waals surface area contributed by atoms with Gasteiger partial charge in [-0.05, 0) is 23.8 Å². The van der Waals surface area contributed by atoms with Crippen molar-refractivity contribution < 1.29 is 18.7 Å². The summed E-state index contributed by atoms with van der Waals surface area (Å²) in [5, 5.41) is 0. The second kappa shape index (κ2) is 5.83. The van der Waals surface area contributed by atoms with E-state index in [4.69, 9.17) is 9.47 Å². The minimum atomic E-state index is -0.328. The topological polar surface area (TPSA) is 38.8 Å². The van der Waals surface area contributed by atoms with Crippen LogP contribution in [0, 0.1) is 17.7 Å². The molecule has 1 aliphatic heterocycles. The van der Waals surface area contributed by atoms with Crippen LogP contribution in [0.3, 0.4) is 0 Å². The minimum absolute atomic E-state index is 0.0186. The summed E-state index contributed by atoms with van der Waals surface area (Å²) in [4.78, 5) is 14.5. The molecule has 1 heterocycles. The molecule has 116 valence electrons. The van der Waals surface area contributed by atoms with Gasteiger partial charge in [-0.15, -0.1) is 0 Å². The summed E-state index contributed by atoms with van der Waals surface area (Å²) in [6.07, 6.45) is 3.85. The number of hydrogen-bond acceptors (Lipinski definition) is 3. The van der Waals surface area contributed by atoms with Gasteiger partial charge in [-0.2, -0.15) is 0 Å². The molecular weight excluding hydrogens is 285 g/mol. The molecule has 0 spiro atoms. The second-order valence-corrected chi connectivity index (χ2v) is 5.48. The van der Waals surface area contributed by atoms with Crippen molar-refractivity contribution in [3.05, 3.63) is 59.3 Å². The first kappa shape index (κ1) is 14.6. The lowest BCUT2D eigenvalue weighted by Crippen LogP contribution is -2.28. The average molecular weight is 303 g/mol. The second-order valence-electron chi connectivity index (χ2n) is 5.48. The van der Waals surface area contributed by atoms with Gasteiger partial charge in [-0.3, -0.25) is 4.79 Å². The van der Waals surface area contributed by atoms with Crippen LogP contribution in [0.25, 0.3) is 0 Å². The molecule has 4 nitrogen and oxygen atoms in total. The largest absolute Gasteiger partial charge is 0.496 e. The van der Waals surface area contributed by atoms with Crippen LogP contribution < -0.4 is 0 Å². The molecule has 2 atom stereocenters. The Kier molecular flexibility index (Phi) is 3.88. The smallest absolute Gasteiger partial charge is 0.234 e. The van der Waals surface area contributed by atoms with Crippen LogP contribution in [-0.4, -0.2) is 31.6 Å². The Balaban J connectivity index is 1.81. The zero-order chi connectivity index (χ0) is 15.7. The van der Waals surface area contributed by atoms with E-state index in [0.717, 1.165) is 5.56 Å². The summed E-state index contributed by atoms with van der Waals surface area (Å²) >= 11 is 0. The van der Waals surface area contributed by atoms with Gasteiger partial charge in [-0.1, -0.05) is 18.2 Å². The standard InChI is InChI=1S/C17H18FNO3/c1-21-14-8-5-12-10-19(17(20)15(12)16(14)22-2)9-11-3-6-13(18)7-4-11/h3-8,12,15H,9-10H2,1-2H3. The first-order valence-corrected chi connectivity index (χ1v) is 7.17. The maximum atomic E-state index is 13.0.